The molecule has 25 heavy (non-hydrogen) atoms. The second-order valence-corrected chi connectivity index (χ2v) is 13.2. The molecular formula is C17H27NO6Si. The van der Waals surface area contributed by atoms with Crippen LogP contribution >= 0.6 is 0 Å². The lowest BCUT2D eigenvalue weighted by molar-refractivity contribution is -0.385. The van der Waals surface area contributed by atoms with Gasteiger partial charge < -0.3 is 14.3 Å². The highest BCUT2D eigenvalue weighted by molar-refractivity contribution is 6.74. The van der Waals surface area contributed by atoms with E-state index in [-0.39, 0.29) is 22.2 Å². The summed E-state index contributed by atoms with van der Waals surface area (Å²) < 4.78 is 11.1. The number of benzene rings is 1. The highest BCUT2D eigenvalue weighted by Gasteiger charge is 2.42. The van der Waals surface area contributed by atoms with Gasteiger partial charge >= 0.3 is 11.8 Å². The number of rotatable bonds is 4. The Morgan fingerprint density at radius 1 is 1.16 bits per heavy atom. The van der Waals surface area contributed by atoms with Crippen molar-refractivity contribution >= 4 is 20.2 Å². The molecule has 0 fully saturated rings. The van der Waals surface area contributed by atoms with Crippen molar-refractivity contribution in [2.24, 2.45) is 0 Å². The minimum atomic E-state index is -2.40. The van der Waals surface area contributed by atoms with Gasteiger partial charge in [0.1, 0.15) is 5.75 Å². The number of nitrogens with zero attached hydrogens (tertiary/aromatic N) is 1. The number of nitro benzene ring substituents is 1. The lowest BCUT2D eigenvalue weighted by Gasteiger charge is -2.38. The van der Waals surface area contributed by atoms with Gasteiger partial charge in [-0.2, -0.15) is 0 Å². The topological polar surface area (TPSA) is 98.9 Å². The molecule has 140 valence electrons. The summed E-state index contributed by atoms with van der Waals surface area (Å²) in [5.74, 6) is 0.155. The maximum atomic E-state index is 11.6. The number of nitro groups is 1. The standard InChI is InChI=1S/C17H27NO6Si/c1-16(2,3)13-12(23-15(19)20)10-9-11(18(21)22)14(13)24-25(7,8)17(4,5)6/h9-10H,1-8H3,(H,19,20). The zero-order chi connectivity index (χ0) is 19.8. The number of hydrogen-bond donors (Lipinski definition) is 1. The van der Waals surface area contributed by atoms with Crippen LogP contribution in [0.3, 0.4) is 0 Å². The van der Waals surface area contributed by atoms with E-state index >= 15 is 0 Å². The Morgan fingerprint density at radius 3 is 2.04 bits per heavy atom. The van der Waals surface area contributed by atoms with Gasteiger partial charge in [0.2, 0.25) is 0 Å². The molecule has 7 nitrogen and oxygen atoms in total. The van der Waals surface area contributed by atoms with Crippen LogP contribution in [0, 0.1) is 10.1 Å². The first-order chi connectivity index (χ1) is 11.1. The van der Waals surface area contributed by atoms with E-state index < -0.39 is 24.8 Å². The van der Waals surface area contributed by atoms with Gasteiger partial charge in [0, 0.05) is 11.6 Å². The van der Waals surface area contributed by atoms with Crippen molar-refractivity contribution < 1.29 is 24.0 Å². The molecule has 8 heteroatoms. The molecule has 1 aromatic carbocycles. The van der Waals surface area contributed by atoms with Gasteiger partial charge in [-0.25, -0.2) is 4.79 Å². The fourth-order valence-corrected chi connectivity index (χ4v) is 3.12. The van der Waals surface area contributed by atoms with Crippen LogP contribution in [0.15, 0.2) is 12.1 Å². The third-order valence-electron chi connectivity index (χ3n) is 4.41. The van der Waals surface area contributed by atoms with Crippen LogP contribution in [0.1, 0.15) is 47.1 Å². The molecule has 0 aliphatic heterocycles. The molecule has 1 aromatic rings. The van der Waals surface area contributed by atoms with Crippen LogP contribution in [-0.2, 0) is 5.41 Å². The summed E-state index contributed by atoms with van der Waals surface area (Å²) in [6, 6.07) is 2.54. The molecule has 0 saturated carbocycles. The van der Waals surface area contributed by atoms with E-state index in [4.69, 9.17) is 14.3 Å². The first kappa shape index (κ1) is 21.0. The van der Waals surface area contributed by atoms with E-state index in [1.165, 1.54) is 12.1 Å². The van der Waals surface area contributed by atoms with Crippen LogP contribution in [0.5, 0.6) is 11.5 Å². The van der Waals surface area contributed by atoms with E-state index in [1.54, 1.807) is 0 Å². The zero-order valence-corrected chi connectivity index (χ0v) is 17.1. The Kier molecular flexibility index (Phi) is 5.58. The quantitative estimate of drug-likeness (QED) is 0.253. The molecular weight excluding hydrogens is 342 g/mol. The lowest BCUT2D eigenvalue weighted by atomic mass is 9.85. The molecule has 0 aliphatic carbocycles. The van der Waals surface area contributed by atoms with Crippen molar-refractivity contribution in [3.05, 3.63) is 27.8 Å². The maximum Gasteiger partial charge on any atom is 0.511 e. The second kappa shape index (κ2) is 6.66. The van der Waals surface area contributed by atoms with Gasteiger partial charge in [-0.05, 0) is 29.6 Å². The van der Waals surface area contributed by atoms with E-state index in [1.807, 2.05) is 54.6 Å². The molecule has 1 rings (SSSR count). The lowest BCUT2D eigenvalue weighted by Crippen LogP contribution is -2.44. The molecule has 0 spiro atoms. The molecule has 0 aliphatic rings. The summed E-state index contributed by atoms with van der Waals surface area (Å²) in [5, 5.41) is 20.4. The van der Waals surface area contributed by atoms with Crippen LogP contribution in [0.4, 0.5) is 10.5 Å². The van der Waals surface area contributed by atoms with Gasteiger partial charge in [-0.3, -0.25) is 10.1 Å². The summed E-state index contributed by atoms with van der Waals surface area (Å²) in [4.78, 5) is 22.1. The summed E-state index contributed by atoms with van der Waals surface area (Å²) in [6.07, 6.45) is -1.47. The van der Waals surface area contributed by atoms with Crippen molar-refractivity contribution in [3.8, 4) is 11.5 Å². The minimum absolute atomic E-state index is 0.0549. The van der Waals surface area contributed by atoms with Gasteiger partial charge in [-0.1, -0.05) is 41.5 Å². The normalized spacial score (nSPS) is 12.6. The SMILES string of the molecule is CC(C)(C)c1c(OC(=O)O)ccc([N+](=O)[O-])c1O[Si](C)(C)C(C)(C)C. The Balaban J connectivity index is 3.75. The summed E-state index contributed by atoms with van der Waals surface area (Å²) in [6.45, 7) is 15.5. The van der Waals surface area contributed by atoms with Gasteiger partial charge in [0.15, 0.2) is 5.75 Å². The predicted molar refractivity (Wildman–Crippen MR) is 98.3 cm³/mol. The fraction of sp³-hybridized carbons (Fsp3) is 0.588. The highest BCUT2D eigenvalue weighted by Crippen LogP contribution is 2.48. The van der Waals surface area contributed by atoms with Crippen LogP contribution in [0.25, 0.3) is 0 Å². The van der Waals surface area contributed by atoms with E-state index in [2.05, 4.69) is 0 Å². The van der Waals surface area contributed by atoms with Crippen LogP contribution in [-0.4, -0.2) is 24.5 Å². The largest absolute Gasteiger partial charge is 0.539 e. The highest BCUT2D eigenvalue weighted by atomic mass is 28.4. The van der Waals surface area contributed by atoms with E-state index in [0.29, 0.717) is 5.56 Å². The van der Waals surface area contributed by atoms with E-state index in [9.17, 15) is 14.9 Å². The Hall–Kier alpha value is -2.09. The molecule has 0 radical (unpaired) electrons. The second-order valence-electron chi connectivity index (χ2n) is 8.52. The summed E-state index contributed by atoms with van der Waals surface area (Å²) >= 11 is 0. The molecule has 0 bridgehead atoms. The fourth-order valence-electron chi connectivity index (χ4n) is 2.10. The molecule has 1 N–H and O–H groups in total. The van der Waals surface area contributed by atoms with Crippen molar-refractivity contribution in [1.29, 1.82) is 0 Å². The molecule has 0 unspecified atom stereocenters. The van der Waals surface area contributed by atoms with Crippen LogP contribution < -0.4 is 9.16 Å². The Bertz CT molecular complexity index is 686. The Morgan fingerprint density at radius 2 is 1.68 bits per heavy atom. The molecule has 0 aromatic heterocycles. The summed E-state index contributed by atoms with van der Waals surface area (Å²) in [7, 11) is -2.40. The predicted octanol–water partition coefficient (Wildman–Crippen LogP) is 5.33. The molecule has 0 amide bonds. The number of carboxylic acid groups (broad SMARTS) is 1. The first-order valence-corrected chi connectivity index (χ1v) is 10.9. The van der Waals surface area contributed by atoms with Crippen molar-refractivity contribution in [3.63, 3.8) is 0 Å². The van der Waals surface area contributed by atoms with Crippen molar-refractivity contribution in [2.75, 3.05) is 0 Å². The molecule has 0 atom stereocenters. The van der Waals surface area contributed by atoms with Gasteiger partial charge in [0.25, 0.3) is 8.32 Å². The van der Waals surface area contributed by atoms with E-state index in [0.717, 1.165) is 0 Å². The molecule has 0 saturated heterocycles. The monoisotopic (exact) mass is 369 g/mol. The Labute approximate surface area is 149 Å². The smallest absolute Gasteiger partial charge is 0.511 e. The number of ether oxygens (including phenoxy) is 1. The number of carbonyl (C=O) groups is 1. The average molecular weight is 369 g/mol. The third kappa shape index (κ3) is 4.72. The summed E-state index contributed by atoms with van der Waals surface area (Å²) in [5.41, 5.74) is -0.421. The minimum Gasteiger partial charge on any atom is -0.539 e. The van der Waals surface area contributed by atoms with Crippen LogP contribution in [0.2, 0.25) is 18.1 Å². The van der Waals surface area contributed by atoms with Gasteiger partial charge in [0.05, 0.1) is 4.92 Å². The average Bonchev–Trinajstić information content (AvgIpc) is 2.33. The zero-order valence-electron chi connectivity index (χ0n) is 16.1. The van der Waals surface area contributed by atoms with Gasteiger partial charge in [-0.15, -0.1) is 0 Å². The maximum absolute atomic E-state index is 11.6. The number of hydrogen-bond acceptors (Lipinski definition) is 5. The van der Waals surface area contributed by atoms with Crippen molar-refractivity contribution in [1.82, 2.24) is 0 Å². The third-order valence-corrected chi connectivity index (χ3v) is 8.73. The first-order valence-electron chi connectivity index (χ1n) is 7.99. The molecule has 0 heterocycles. The van der Waals surface area contributed by atoms with Crippen molar-refractivity contribution in [2.45, 2.75) is 65.1 Å².